The third kappa shape index (κ3) is 3.99. The number of anilines is 1. The fourth-order valence-corrected chi connectivity index (χ4v) is 7.20. The topological polar surface area (TPSA) is 92.8 Å². The molecule has 0 spiro atoms. The number of benzene rings is 1. The largest absolute Gasteiger partial charge is 0.454 e. The molecule has 4 rings (SSSR count). The van der Waals surface area contributed by atoms with Gasteiger partial charge in [-0.05, 0) is 55.4 Å². The van der Waals surface area contributed by atoms with Gasteiger partial charge in [0.25, 0.3) is 5.91 Å². The van der Waals surface area contributed by atoms with Crippen molar-refractivity contribution < 1.29 is 23.9 Å². The molecule has 1 aliphatic heterocycles. The van der Waals surface area contributed by atoms with Crippen molar-refractivity contribution in [3.63, 3.8) is 0 Å². The molecule has 1 aromatic carbocycles. The lowest BCUT2D eigenvalue weighted by molar-refractivity contribution is -0.154. The van der Waals surface area contributed by atoms with Crippen LogP contribution in [0.15, 0.2) is 16.6 Å². The average molecular weight is 621 g/mol. The van der Waals surface area contributed by atoms with Crippen molar-refractivity contribution >= 4 is 77.2 Å². The summed E-state index contributed by atoms with van der Waals surface area (Å²) in [6.45, 7) is 2.87. The second-order valence-corrected chi connectivity index (χ2v) is 11.3. The maximum absolute atomic E-state index is 12.8. The molecule has 1 N–H and O–H groups in total. The summed E-state index contributed by atoms with van der Waals surface area (Å²) in [5, 5.41) is 2.68. The number of halogens is 3. The number of carbonyl (C=O) groups excluding carboxylic acids is 4. The van der Waals surface area contributed by atoms with Crippen molar-refractivity contribution in [2.24, 2.45) is 23.7 Å². The molecule has 3 fully saturated rings. The number of hydrogen-bond donors (Lipinski definition) is 1. The highest BCUT2D eigenvalue weighted by molar-refractivity contribution is 9.12. The fourth-order valence-electron chi connectivity index (χ4n) is 5.10. The molecule has 2 aliphatic carbocycles. The number of esters is 1. The highest BCUT2D eigenvalue weighted by atomic mass is 79.9. The van der Waals surface area contributed by atoms with Crippen LogP contribution in [0, 0.1) is 37.5 Å². The van der Waals surface area contributed by atoms with Gasteiger partial charge in [0.05, 0.1) is 11.8 Å². The van der Waals surface area contributed by atoms with Gasteiger partial charge in [0.15, 0.2) is 6.61 Å². The van der Waals surface area contributed by atoms with E-state index in [1.165, 1.54) is 0 Å². The van der Waals surface area contributed by atoms with E-state index in [0.717, 1.165) is 26.9 Å². The fraction of sp³-hybridized carbons (Fsp3) is 0.524. The van der Waals surface area contributed by atoms with Crippen LogP contribution < -0.4 is 5.32 Å². The van der Waals surface area contributed by atoms with Crippen LogP contribution >= 0.6 is 47.8 Å². The van der Waals surface area contributed by atoms with Crippen LogP contribution in [0.3, 0.4) is 0 Å². The predicted molar refractivity (Wildman–Crippen MR) is 124 cm³/mol. The molecular formula is C21H21Br3N2O5. The number of nitrogens with one attached hydrogen (secondary N) is 1. The van der Waals surface area contributed by atoms with Crippen molar-refractivity contribution in [1.82, 2.24) is 4.90 Å². The number of imide groups is 1. The van der Waals surface area contributed by atoms with Crippen molar-refractivity contribution in [3.05, 3.63) is 27.7 Å². The number of fused-ring (bicyclic) bond motifs is 5. The number of ether oxygens (including phenoxy) is 1. The van der Waals surface area contributed by atoms with Crippen molar-refractivity contribution in [3.8, 4) is 0 Å². The molecule has 3 amide bonds. The van der Waals surface area contributed by atoms with Crippen LogP contribution in [0.5, 0.6) is 0 Å². The van der Waals surface area contributed by atoms with Crippen LogP contribution in [0.25, 0.3) is 0 Å². The number of amides is 3. The molecule has 6 atom stereocenters. The molecule has 2 saturated carbocycles. The summed E-state index contributed by atoms with van der Waals surface area (Å²) < 4.78 is 5.99. The van der Waals surface area contributed by atoms with Gasteiger partial charge in [-0.25, -0.2) is 0 Å². The van der Waals surface area contributed by atoms with Gasteiger partial charge >= 0.3 is 5.97 Å². The Morgan fingerprint density at radius 1 is 1.06 bits per heavy atom. The number of nitrogens with zero attached hydrogens (tertiary/aromatic N) is 1. The van der Waals surface area contributed by atoms with Crippen LogP contribution in [0.1, 0.15) is 17.5 Å². The summed E-state index contributed by atoms with van der Waals surface area (Å²) >= 11 is 10.7. The Morgan fingerprint density at radius 3 is 2.10 bits per heavy atom. The van der Waals surface area contributed by atoms with E-state index in [4.69, 9.17) is 4.74 Å². The molecule has 2 bridgehead atoms. The zero-order valence-corrected chi connectivity index (χ0v) is 21.6. The van der Waals surface area contributed by atoms with E-state index < -0.39 is 25.0 Å². The summed E-state index contributed by atoms with van der Waals surface area (Å²) in [6.07, 6.45) is 0.826. The Labute approximate surface area is 205 Å². The minimum atomic E-state index is -0.780. The number of aryl methyl sites for hydroxylation is 2. The van der Waals surface area contributed by atoms with Crippen molar-refractivity contribution in [2.75, 3.05) is 18.5 Å². The summed E-state index contributed by atoms with van der Waals surface area (Å²) in [5.74, 6) is -2.49. The van der Waals surface area contributed by atoms with Crippen LogP contribution in [-0.4, -0.2) is 51.4 Å². The van der Waals surface area contributed by atoms with Gasteiger partial charge in [-0.1, -0.05) is 47.8 Å². The number of hydrogen-bond acceptors (Lipinski definition) is 5. The van der Waals surface area contributed by atoms with Crippen LogP contribution in [0.4, 0.5) is 5.69 Å². The first-order valence-corrected chi connectivity index (χ1v) is 12.6. The molecular weight excluding hydrogens is 600 g/mol. The average Bonchev–Trinajstić information content (AvgIpc) is 3.31. The molecule has 166 valence electrons. The van der Waals surface area contributed by atoms with E-state index in [1.807, 2.05) is 13.8 Å². The molecule has 7 nitrogen and oxygen atoms in total. The monoisotopic (exact) mass is 618 g/mol. The standard InChI is InChI=1S/C21H21Br3N2O5/c1-8-3-10(4-9(2)17(8)22)25-13(27)7-31-14(28)6-26-20(29)15-11-5-12(16(15)21(26)30)19(24)18(11)23/h3-4,11-12,15-16,18-19H,5-7H2,1-2H3,(H,25,27)/t11-,12-,15-,16-,18-,19+/m1/s1. The molecule has 3 aliphatic rings. The molecule has 10 heteroatoms. The lowest BCUT2D eigenvalue weighted by Gasteiger charge is -2.28. The Kier molecular flexibility index (Phi) is 6.35. The Morgan fingerprint density at radius 2 is 1.58 bits per heavy atom. The normalized spacial score (nSPS) is 31.2. The van der Waals surface area contributed by atoms with Crippen molar-refractivity contribution in [2.45, 2.75) is 29.9 Å². The summed E-state index contributed by atoms with van der Waals surface area (Å²) in [6, 6.07) is 3.61. The second kappa shape index (κ2) is 8.59. The molecule has 1 saturated heterocycles. The van der Waals surface area contributed by atoms with Crippen LogP contribution in [0.2, 0.25) is 0 Å². The lowest BCUT2D eigenvalue weighted by Crippen LogP contribution is -2.38. The van der Waals surface area contributed by atoms with E-state index in [-0.39, 0.29) is 45.1 Å². The smallest absolute Gasteiger partial charge is 0.326 e. The zero-order chi connectivity index (χ0) is 22.6. The zero-order valence-electron chi connectivity index (χ0n) is 16.9. The van der Waals surface area contributed by atoms with Gasteiger partial charge < -0.3 is 10.1 Å². The Bertz CT molecular complexity index is 929. The third-order valence-corrected chi connectivity index (χ3v) is 10.9. The minimum Gasteiger partial charge on any atom is -0.454 e. The summed E-state index contributed by atoms with van der Waals surface area (Å²) in [4.78, 5) is 51.3. The highest BCUT2D eigenvalue weighted by Gasteiger charge is 2.66. The predicted octanol–water partition coefficient (Wildman–Crippen LogP) is 3.33. The lowest BCUT2D eigenvalue weighted by atomic mass is 9.81. The number of alkyl halides is 2. The molecule has 0 radical (unpaired) electrons. The first-order chi connectivity index (χ1) is 14.6. The van der Waals surface area contributed by atoms with E-state index in [2.05, 4.69) is 53.1 Å². The number of rotatable bonds is 5. The quantitative estimate of drug-likeness (QED) is 0.310. The maximum Gasteiger partial charge on any atom is 0.326 e. The van der Waals surface area contributed by atoms with E-state index >= 15 is 0 Å². The van der Waals surface area contributed by atoms with E-state index in [0.29, 0.717) is 5.69 Å². The number of carbonyl (C=O) groups is 4. The number of likely N-dealkylation sites (tertiary alicyclic amines) is 1. The van der Waals surface area contributed by atoms with Gasteiger partial charge in [-0.15, -0.1) is 0 Å². The molecule has 0 unspecified atom stereocenters. The van der Waals surface area contributed by atoms with Gasteiger partial charge in [0, 0.05) is 19.8 Å². The van der Waals surface area contributed by atoms with Gasteiger partial charge in [-0.3, -0.25) is 24.1 Å². The Balaban J connectivity index is 1.32. The Hall–Kier alpha value is -1.26. The maximum atomic E-state index is 12.8. The van der Waals surface area contributed by atoms with Gasteiger partial charge in [0.1, 0.15) is 6.54 Å². The molecule has 1 heterocycles. The molecule has 31 heavy (non-hydrogen) atoms. The van der Waals surface area contributed by atoms with E-state index in [9.17, 15) is 19.2 Å². The summed E-state index contributed by atoms with van der Waals surface area (Å²) in [7, 11) is 0. The second-order valence-electron chi connectivity index (χ2n) is 8.40. The minimum absolute atomic E-state index is 0.0837. The van der Waals surface area contributed by atoms with Crippen molar-refractivity contribution in [1.29, 1.82) is 0 Å². The summed E-state index contributed by atoms with van der Waals surface area (Å²) in [5.41, 5.74) is 2.53. The molecule has 0 aromatic heterocycles. The third-order valence-electron chi connectivity index (χ3n) is 6.45. The first kappa shape index (κ1) is 22.9. The van der Waals surface area contributed by atoms with Gasteiger partial charge in [0.2, 0.25) is 11.8 Å². The molecule has 1 aromatic rings. The van der Waals surface area contributed by atoms with E-state index in [1.54, 1.807) is 12.1 Å². The van der Waals surface area contributed by atoms with Gasteiger partial charge in [-0.2, -0.15) is 0 Å². The first-order valence-electron chi connectivity index (χ1n) is 9.95. The van der Waals surface area contributed by atoms with Crippen LogP contribution in [-0.2, 0) is 23.9 Å². The highest BCUT2D eigenvalue weighted by Crippen LogP contribution is 2.60. The SMILES string of the molecule is Cc1cc(NC(=O)COC(=O)CN2C(=O)[C@@H]3[C@H]4C[C@@H]([C@@H](Br)[C@H]4Br)[C@H]3C2=O)cc(C)c1Br.